The van der Waals surface area contributed by atoms with Crippen molar-refractivity contribution in [2.45, 2.75) is 0 Å². The summed E-state index contributed by atoms with van der Waals surface area (Å²) in [6, 6.07) is 110. The molecule has 6 nitrogen and oxygen atoms in total. The van der Waals surface area contributed by atoms with Gasteiger partial charge < -0.3 is 29.1 Å². The first-order valence-corrected chi connectivity index (χ1v) is 29.5. The van der Waals surface area contributed by atoms with Crippen LogP contribution in [0, 0.1) is 0 Å². The van der Waals surface area contributed by atoms with Gasteiger partial charge in [-0.2, -0.15) is 0 Å². The molecule has 0 bridgehead atoms. The molecule has 0 saturated heterocycles. The molecule has 4 heterocycles. The average molecular weight is 1100 g/mol. The summed E-state index contributed by atoms with van der Waals surface area (Å²) in [5, 5.41) is 7.22. The van der Waals surface area contributed by atoms with Gasteiger partial charge in [0.1, 0.15) is 23.0 Å². The van der Waals surface area contributed by atoms with Gasteiger partial charge in [0.15, 0.2) is 0 Å². The Balaban J connectivity index is 0.873. The zero-order valence-corrected chi connectivity index (χ0v) is 46.6. The molecule has 0 unspecified atom stereocenters. The first kappa shape index (κ1) is 48.3. The predicted molar refractivity (Wildman–Crippen MR) is 360 cm³/mol. The summed E-state index contributed by atoms with van der Waals surface area (Å²) in [5.74, 6) is 3.43. The maximum absolute atomic E-state index is 7.16. The predicted octanol–water partition coefficient (Wildman–Crippen LogP) is 16.9. The van der Waals surface area contributed by atoms with Crippen LogP contribution in [-0.4, -0.2) is 13.4 Å². The summed E-state index contributed by atoms with van der Waals surface area (Å²) in [4.78, 5) is 9.56. The number of rotatable bonds is 8. The van der Waals surface area contributed by atoms with E-state index in [2.05, 4.69) is 323 Å². The number of fused-ring (bicyclic) bond motifs is 14. The van der Waals surface area contributed by atoms with Crippen molar-refractivity contribution in [1.29, 1.82) is 0 Å². The maximum atomic E-state index is 7.16. The van der Waals surface area contributed by atoms with Crippen LogP contribution in [0.1, 0.15) is 0 Å². The highest BCUT2D eigenvalue weighted by Crippen LogP contribution is 2.49. The van der Waals surface area contributed by atoms with Gasteiger partial charge in [0.05, 0.1) is 0 Å². The third-order valence-corrected chi connectivity index (χ3v) is 18.0. The van der Waals surface area contributed by atoms with Crippen molar-refractivity contribution in [2.24, 2.45) is 0 Å². The molecule has 0 amide bonds. The monoisotopic (exact) mass is 1100 g/mol. The minimum absolute atomic E-state index is 0.126. The number of ether oxygens (including phenoxy) is 2. The lowest BCUT2D eigenvalue weighted by Gasteiger charge is -2.41. The first-order valence-electron chi connectivity index (χ1n) is 29.5. The molecule has 86 heavy (non-hydrogen) atoms. The summed E-state index contributed by atoms with van der Waals surface area (Å²) in [7, 11) is 0. The Kier molecular flexibility index (Phi) is 10.8. The molecule has 8 heteroatoms. The number of hydrogen-bond donors (Lipinski definition) is 0. The van der Waals surface area contributed by atoms with Crippen molar-refractivity contribution >= 4 is 147 Å². The molecule has 0 aromatic heterocycles. The largest absolute Gasteiger partial charge is 0.458 e. The van der Waals surface area contributed by atoms with E-state index in [-0.39, 0.29) is 13.4 Å². The zero-order chi connectivity index (χ0) is 56.4. The molecule has 0 spiro atoms. The van der Waals surface area contributed by atoms with E-state index >= 15 is 0 Å². The molecule has 400 valence electrons. The van der Waals surface area contributed by atoms with Gasteiger partial charge in [-0.1, -0.05) is 170 Å². The second-order valence-electron chi connectivity index (χ2n) is 22.7. The molecule has 4 aliphatic rings. The quantitative estimate of drug-likeness (QED) is 0.111. The average Bonchev–Trinajstić information content (AvgIpc) is 0.777. The third kappa shape index (κ3) is 7.36. The Morgan fingerprint density at radius 2 is 0.570 bits per heavy atom. The highest BCUT2D eigenvalue weighted by atomic mass is 16.5. The lowest BCUT2D eigenvalue weighted by Crippen LogP contribution is -2.59. The van der Waals surface area contributed by atoms with Crippen molar-refractivity contribution in [3.63, 3.8) is 0 Å². The van der Waals surface area contributed by atoms with Crippen LogP contribution in [0.2, 0.25) is 0 Å². The van der Waals surface area contributed by atoms with Gasteiger partial charge in [-0.15, -0.1) is 0 Å². The van der Waals surface area contributed by atoms with Crippen LogP contribution in [0.5, 0.6) is 23.0 Å². The van der Waals surface area contributed by atoms with Crippen LogP contribution in [0.15, 0.2) is 303 Å². The van der Waals surface area contributed by atoms with Crippen LogP contribution >= 0.6 is 0 Å². The molecule has 14 aromatic rings. The number of para-hydroxylation sites is 6. The van der Waals surface area contributed by atoms with Crippen LogP contribution in [-0.2, 0) is 0 Å². The van der Waals surface area contributed by atoms with E-state index in [9.17, 15) is 0 Å². The molecule has 0 fully saturated rings. The Hall–Kier alpha value is -11.2. The van der Waals surface area contributed by atoms with Crippen molar-refractivity contribution in [2.75, 3.05) is 19.6 Å². The summed E-state index contributed by atoms with van der Waals surface area (Å²) < 4.78 is 14.3. The normalized spacial score (nSPS) is 13.0. The molecule has 14 aromatic carbocycles. The standard InChI is InChI=1S/C78H50B2N4O2/c1-7-23-51(24-8-1)81(52-25-9-2-10-26-52)57-41-43-65-75(45-57)85-73-39-21-37-69-77(73)79(65)67-47-61-59-35-19-20-36-60(59)62-48-68-72(50-64(62)63(61)49-71(67)83(69)55-31-15-5-16-32-55)84(56-33-17-6-18-34-56)70-38-22-40-74-78(70)80(68)66-44-42-58(46-76(66)86-74)82(53-27-11-3-12-28-53)54-29-13-4-14-30-54/h1-50H. The molecule has 0 aliphatic carbocycles. The van der Waals surface area contributed by atoms with Crippen molar-refractivity contribution in [3.05, 3.63) is 303 Å². The maximum Gasteiger partial charge on any atom is 0.256 e. The molecule has 4 aliphatic heterocycles. The van der Waals surface area contributed by atoms with Crippen molar-refractivity contribution in [3.8, 4) is 23.0 Å². The van der Waals surface area contributed by atoms with E-state index in [0.717, 1.165) is 102 Å². The minimum atomic E-state index is -0.126. The fourth-order valence-corrected chi connectivity index (χ4v) is 14.5. The van der Waals surface area contributed by atoms with Gasteiger partial charge in [-0.3, -0.25) is 0 Å². The number of anilines is 12. The van der Waals surface area contributed by atoms with Crippen LogP contribution in [0.25, 0.3) is 32.3 Å². The molecule has 0 saturated carbocycles. The fraction of sp³-hybridized carbons (Fsp3) is 0. The van der Waals surface area contributed by atoms with Gasteiger partial charge in [-0.05, 0) is 186 Å². The summed E-state index contributed by atoms with van der Waals surface area (Å²) in [6.07, 6.45) is 0. The van der Waals surface area contributed by atoms with Gasteiger partial charge >= 0.3 is 0 Å². The zero-order valence-electron chi connectivity index (χ0n) is 46.6. The second-order valence-corrected chi connectivity index (χ2v) is 22.7. The lowest BCUT2D eigenvalue weighted by molar-refractivity contribution is 0.487. The topological polar surface area (TPSA) is 31.4 Å². The summed E-state index contributed by atoms with van der Waals surface area (Å²) >= 11 is 0. The van der Waals surface area contributed by atoms with E-state index < -0.39 is 0 Å². The van der Waals surface area contributed by atoms with Gasteiger partial charge in [-0.25, -0.2) is 0 Å². The van der Waals surface area contributed by atoms with Gasteiger partial charge in [0.2, 0.25) is 0 Å². The molecular formula is C78H50B2N4O2. The van der Waals surface area contributed by atoms with Crippen LogP contribution in [0.3, 0.4) is 0 Å². The molecular weight excluding hydrogens is 1050 g/mol. The number of hydrogen-bond acceptors (Lipinski definition) is 6. The van der Waals surface area contributed by atoms with E-state index in [1.165, 1.54) is 54.2 Å². The Labute approximate surface area is 499 Å². The van der Waals surface area contributed by atoms with E-state index in [1.807, 2.05) is 0 Å². The summed E-state index contributed by atoms with van der Waals surface area (Å²) in [6.45, 7) is -0.252. The van der Waals surface area contributed by atoms with Crippen LogP contribution < -0.4 is 61.9 Å². The van der Waals surface area contributed by atoms with Crippen LogP contribution in [0.4, 0.5) is 68.2 Å². The van der Waals surface area contributed by atoms with E-state index in [1.54, 1.807) is 0 Å². The summed E-state index contributed by atoms with van der Waals surface area (Å²) in [5.41, 5.74) is 20.1. The molecule has 0 N–H and O–H groups in total. The Morgan fingerprint density at radius 1 is 0.233 bits per heavy atom. The second kappa shape index (κ2) is 19.2. The smallest absolute Gasteiger partial charge is 0.256 e. The van der Waals surface area contributed by atoms with E-state index in [0.29, 0.717) is 0 Å². The first-order chi connectivity index (χ1) is 42.7. The van der Waals surface area contributed by atoms with Crippen molar-refractivity contribution in [1.82, 2.24) is 0 Å². The molecule has 0 radical (unpaired) electrons. The van der Waals surface area contributed by atoms with E-state index in [4.69, 9.17) is 9.47 Å². The Morgan fingerprint density at radius 3 is 0.942 bits per heavy atom. The molecule has 18 rings (SSSR count). The highest BCUT2D eigenvalue weighted by Gasteiger charge is 2.45. The SMILES string of the molecule is c1ccc(N(c2ccccc2)c2ccc3c(c2)Oc2cccc4c2B3c2cc3c5ccccc5c5cc6c(cc5c3cc2N4c2ccccc2)N(c2ccccc2)c2cccc3c2B6c2ccc(N(c4ccccc4)c4ccccc4)cc2O3)cc1. The number of nitrogens with zero attached hydrogens (tertiary/aromatic N) is 4. The minimum Gasteiger partial charge on any atom is -0.458 e. The fourth-order valence-electron chi connectivity index (χ4n) is 14.5. The van der Waals surface area contributed by atoms with Gasteiger partial charge in [0, 0.05) is 80.4 Å². The number of benzene rings is 14. The van der Waals surface area contributed by atoms with Gasteiger partial charge in [0.25, 0.3) is 13.4 Å². The lowest BCUT2D eigenvalue weighted by atomic mass is 9.34. The molecule has 0 atom stereocenters. The Bertz CT molecular complexity index is 4640. The third-order valence-electron chi connectivity index (χ3n) is 18.0. The van der Waals surface area contributed by atoms with Crippen molar-refractivity contribution < 1.29 is 9.47 Å². The highest BCUT2D eigenvalue weighted by molar-refractivity contribution is 7.00.